The fourth-order valence-corrected chi connectivity index (χ4v) is 3.58. The van der Waals surface area contributed by atoms with Gasteiger partial charge in [-0.1, -0.05) is 0 Å². The van der Waals surface area contributed by atoms with Crippen molar-refractivity contribution in [1.82, 2.24) is 19.5 Å². The standard InChI is InChI=1S/C10H13N5O3S/c11-10-13-8-7(9(18)14-10)12-3-15(8)6-1-4(17)5(2-16)19-6/h3-6,16-17H,1-2H2,(H3,11,13,14,18)/t4-,5+,6+/m0/s1. The van der Waals surface area contributed by atoms with E-state index in [2.05, 4.69) is 15.0 Å². The third kappa shape index (κ3) is 1.99. The minimum atomic E-state index is -0.586. The fraction of sp³-hybridized carbons (Fsp3) is 0.500. The van der Waals surface area contributed by atoms with Crippen molar-refractivity contribution in [1.29, 1.82) is 0 Å². The first-order chi connectivity index (χ1) is 9.10. The Balaban J connectivity index is 2.05. The molecule has 0 aromatic carbocycles. The molecule has 19 heavy (non-hydrogen) atoms. The second kappa shape index (κ2) is 4.51. The average molecular weight is 283 g/mol. The molecule has 0 radical (unpaired) electrons. The van der Waals surface area contributed by atoms with Crippen LogP contribution in [0, 0.1) is 0 Å². The van der Waals surface area contributed by atoms with Crippen LogP contribution in [0.1, 0.15) is 11.8 Å². The molecule has 9 heteroatoms. The molecular weight excluding hydrogens is 270 g/mol. The Hall–Kier alpha value is -1.58. The van der Waals surface area contributed by atoms with Gasteiger partial charge >= 0.3 is 0 Å². The first kappa shape index (κ1) is 12.5. The lowest BCUT2D eigenvalue weighted by Gasteiger charge is -2.11. The molecule has 3 heterocycles. The van der Waals surface area contributed by atoms with Gasteiger partial charge in [-0.3, -0.25) is 9.78 Å². The van der Waals surface area contributed by atoms with Crippen molar-refractivity contribution in [3.8, 4) is 0 Å². The van der Waals surface area contributed by atoms with E-state index in [1.807, 2.05) is 0 Å². The van der Waals surface area contributed by atoms with Gasteiger partial charge in [0.2, 0.25) is 5.95 Å². The topological polar surface area (TPSA) is 130 Å². The van der Waals surface area contributed by atoms with Crippen molar-refractivity contribution in [2.45, 2.75) is 23.1 Å². The fourth-order valence-electron chi connectivity index (χ4n) is 2.20. The van der Waals surface area contributed by atoms with Crippen LogP contribution in [0.5, 0.6) is 0 Å². The Labute approximate surface area is 111 Å². The highest BCUT2D eigenvalue weighted by atomic mass is 32.2. The number of aromatic nitrogens is 4. The normalized spacial score (nSPS) is 27.2. The summed E-state index contributed by atoms with van der Waals surface area (Å²) < 4.78 is 1.71. The molecule has 0 spiro atoms. The van der Waals surface area contributed by atoms with Crippen molar-refractivity contribution < 1.29 is 10.2 Å². The molecule has 0 aliphatic carbocycles. The van der Waals surface area contributed by atoms with Gasteiger partial charge in [0.1, 0.15) is 0 Å². The van der Waals surface area contributed by atoms with Gasteiger partial charge in [0.25, 0.3) is 5.56 Å². The number of imidazole rings is 1. The van der Waals surface area contributed by atoms with E-state index in [1.165, 1.54) is 18.1 Å². The van der Waals surface area contributed by atoms with E-state index in [-0.39, 0.29) is 34.3 Å². The van der Waals surface area contributed by atoms with Crippen molar-refractivity contribution >= 4 is 28.9 Å². The van der Waals surface area contributed by atoms with Crippen molar-refractivity contribution in [3.05, 3.63) is 16.7 Å². The molecule has 8 nitrogen and oxygen atoms in total. The lowest BCUT2D eigenvalue weighted by atomic mass is 10.2. The average Bonchev–Trinajstić information content (AvgIpc) is 2.92. The lowest BCUT2D eigenvalue weighted by molar-refractivity contribution is 0.138. The van der Waals surface area contributed by atoms with Crippen LogP contribution in [-0.4, -0.2) is 47.7 Å². The summed E-state index contributed by atoms with van der Waals surface area (Å²) in [5.41, 5.74) is 5.75. The first-order valence-electron chi connectivity index (χ1n) is 5.77. The largest absolute Gasteiger partial charge is 0.395 e. The molecule has 1 fully saturated rings. The van der Waals surface area contributed by atoms with E-state index in [4.69, 9.17) is 10.8 Å². The number of hydrogen-bond donors (Lipinski definition) is 4. The Kier molecular flexibility index (Phi) is 2.96. The smallest absolute Gasteiger partial charge is 0.280 e. The summed E-state index contributed by atoms with van der Waals surface area (Å²) in [6, 6.07) is 0. The van der Waals surface area contributed by atoms with Gasteiger partial charge in [0.05, 0.1) is 29.7 Å². The number of aliphatic hydroxyl groups is 2. The maximum atomic E-state index is 11.7. The summed E-state index contributed by atoms with van der Waals surface area (Å²) in [5.74, 6) is 0.0292. The van der Waals surface area contributed by atoms with E-state index in [0.29, 0.717) is 12.1 Å². The quantitative estimate of drug-likeness (QED) is 0.559. The van der Waals surface area contributed by atoms with Gasteiger partial charge in [0.15, 0.2) is 11.2 Å². The third-order valence-corrected chi connectivity index (χ3v) is 4.69. The summed E-state index contributed by atoms with van der Waals surface area (Å²) in [7, 11) is 0. The summed E-state index contributed by atoms with van der Waals surface area (Å²) in [6.45, 7) is -0.0921. The number of nitrogen functional groups attached to an aromatic ring is 1. The van der Waals surface area contributed by atoms with E-state index in [1.54, 1.807) is 4.57 Å². The number of fused-ring (bicyclic) bond motifs is 1. The number of aromatic amines is 1. The van der Waals surface area contributed by atoms with Crippen LogP contribution in [0.4, 0.5) is 5.95 Å². The molecule has 1 aliphatic heterocycles. The summed E-state index contributed by atoms with van der Waals surface area (Å²) in [5, 5.41) is 18.6. The molecule has 2 aromatic rings. The summed E-state index contributed by atoms with van der Waals surface area (Å²) >= 11 is 1.43. The second-order valence-electron chi connectivity index (χ2n) is 4.39. The zero-order valence-corrected chi connectivity index (χ0v) is 10.7. The van der Waals surface area contributed by atoms with E-state index in [9.17, 15) is 9.90 Å². The highest BCUT2D eigenvalue weighted by Gasteiger charge is 2.35. The molecular formula is C10H13N5O3S. The van der Waals surface area contributed by atoms with Gasteiger partial charge in [-0.05, 0) is 0 Å². The number of nitrogens with one attached hydrogen (secondary N) is 1. The molecule has 1 saturated heterocycles. The Morgan fingerprint density at radius 1 is 1.63 bits per heavy atom. The zero-order valence-electron chi connectivity index (χ0n) is 9.85. The highest BCUT2D eigenvalue weighted by Crippen LogP contribution is 2.42. The van der Waals surface area contributed by atoms with Gasteiger partial charge in [-0.2, -0.15) is 4.98 Å². The number of rotatable bonds is 2. The molecule has 102 valence electrons. The molecule has 0 saturated carbocycles. The number of aliphatic hydroxyl groups excluding tert-OH is 2. The number of anilines is 1. The van der Waals surface area contributed by atoms with E-state index >= 15 is 0 Å². The van der Waals surface area contributed by atoms with Gasteiger partial charge in [-0.15, -0.1) is 11.8 Å². The van der Waals surface area contributed by atoms with Crippen LogP contribution in [0.2, 0.25) is 0 Å². The van der Waals surface area contributed by atoms with Crippen molar-refractivity contribution in [2.24, 2.45) is 0 Å². The Morgan fingerprint density at radius 2 is 2.42 bits per heavy atom. The summed E-state index contributed by atoms with van der Waals surface area (Å²) in [4.78, 5) is 22.2. The predicted molar refractivity (Wildman–Crippen MR) is 70.7 cm³/mol. The van der Waals surface area contributed by atoms with Gasteiger partial charge < -0.3 is 20.5 Å². The maximum Gasteiger partial charge on any atom is 0.280 e. The predicted octanol–water partition coefficient (Wildman–Crippen LogP) is -0.941. The zero-order chi connectivity index (χ0) is 13.6. The van der Waals surface area contributed by atoms with Crippen LogP contribution in [0.3, 0.4) is 0 Å². The van der Waals surface area contributed by atoms with Crippen molar-refractivity contribution in [3.63, 3.8) is 0 Å². The Bertz CT molecular complexity index is 669. The minimum absolute atomic E-state index is 0.0292. The van der Waals surface area contributed by atoms with Crippen LogP contribution in [-0.2, 0) is 0 Å². The van der Waals surface area contributed by atoms with Crippen LogP contribution >= 0.6 is 11.8 Å². The Morgan fingerprint density at radius 3 is 3.11 bits per heavy atom. The highest BCUT2D eigenvalue weighted by molar-refractivity contribution is 8.00. The molecule has 0 amide bonds. The van der Waals surface area contributed by atoms with Crippen LogP contribution in [0.25, 0.3) is 11.2 Å². The number of H-pyrrole nitrogens is 1. The van der Waals surface area contributed by atoms with Gasteiger partial charge in [-0.25, -0.2) is 4.98 Å². The van der Waals surface area contributed by atoms with E-state index < -0.39 is 6.10 Å². The molecule has 3 rings (SSSR count). The molecule has 0 bridgehead atoms. The SMILES string of the molecule is Nc1nc2c(ncn2[C@H]2C[C@H](O)[C@@H](CO)S2)c(=O)[nH]1. The minimum Gasteiger partial charge on any atom is -0.395 e. The van der Waals surface area contributed by atoms with E-state index in [0.717, 1.165) is 0 Å². The lowest BCUT2D eigenvalue weighted by Crippen LogP contribution is -2.20. The maximum absolute atomic E-state index is 11.7. The number of nitrogens with zero attached hydrogens (tertiary/aromatic N) is 3. The number of nitrogens with two attached hydrogens (primary N) is 1. The third-order valence-electron chi connectivity index (χ3n) is 3.15. The van der Waals surface area contributed by atoms with Gasteiger partial charge in [0, 0.05) is 6.42 Å². The number of thioether (sulfide) groups is 1. The molecule has 5 N–H and O–H groups in total. The van der Waals surface area contributed by atoms with Crippen LogP contribution < -0.4 is 11.3 Å². The van der Waals surface area contributed by atoms with Crippen molar-refractivity contribution in [2.75, 3.05) is 12.3 Å². The molecule has 2 aromatic heterocycles. The molecule has 0 unspecified atom stereocenters. The van der Waals surface area contributed by atoms with Crippen LogP contribution in [0.15, 0.2) is 11.1 Å². The monoisotopic (exact) mass is 283 g/mol. The second-order valence-corrected chi connectivity index (χ2v) is 5.81. The summed E-state index contributed by atoms with van der Waals surface area (Å²) in [6.07, 6.45) is 1.39. The number of hydrogen-bond acceptors (Lipinski definition) is 7. The first-order valence-corrected chi connectivity index (χ1v) is 6.71. The molecule has 1 aliphatic rings. The molecule has 3 atom stereocenters.